The van der Waals surface area contributed by atoms with Crippen LogP contribution in [0.15, 0.2) is 18.3 Å². The van der Waals surface area contributed by atoms with Gasteiger partial charge < -0.3 is 10.6 Å². The first-order valence-electron chi connectivity index (χ1n) is 5.55. The fraction of sp³-hybridized carbons (Fsp3) is 0.308. The monoisotopic (exact) mass is 254 g/mol. The summed E-state index contributed by atoms with van der Waals surface area (Å²) in [5, 5.41) is 5.42. The molecule has 0 heterocycles. The van der Waals surface area contributed by atoms with Crippen molar-refractivity contribution in [3.63, 3.8) is 0 Å². The maximum atomic E-state index is 13.5. The summed E-state index contributed by atoms with van der Waals surface area (Å²) in [6.45, 7) is 3.36. The maximum absolute atomic E-state index is 13.5. The molecule has 3 nitrogen and oxygen atoms in total. The second-order valence-corrected chi connectivity index (χ2v) is 3.93. The lowest BCUT2D eigenvalue weighted by Crippen LogP contribution is -2.24. The van der Waals surface area contributed by atoms with Crippen molar-refractivity contribution in [3.05, 3.63) is 41.1 Å². The SMILES string of the molecule is CNC(C)/C(=C/NC=O)c1ccc(F)c(F)c1C. The van der Waals surface area contributed by atoms with Gasteiger partial charge >= 0.3 is 0 Å². The van der Waals surface area contributed by atoms with Crippen LogP contribution in [0, 0.1) is 18.6 Å². The Hall–Kier alpha value is -1.75. The van der Waals surface area contributed by atoms with E-state index in [4.69, 9.17) is 0 Å². The zero-order valence-electron chi connectivity index (χ0n) is 10.6. The lowest BCUT2D eigenvalue weighted by atomic mass is 9.96. The molecule has 0 spiro atoms. The molecule has 2 N–H and O–H groups in total. The smallest absolute Gasteiger partial charge is 0.211 e. The fourth-order valence-electron chi connectivity index (χ4n) is 1.68. The second-order valence-electron chi connectivity index (χ2n) is 3.93. The number of carbonyl (C=O) groups is 1. The normalized spacial score (nSPS) is 13.3. The standard InChI is InChI=1S/C13H16F2N2O/c1-8-10(4-5-12(14)13(8)15)11(6-17-7-18)9(2)16-3/h4-7,9,16H,1-3H3,(H,17,18)/b11-6-. The highest BCUT2D eigenvalue weighted by Gasteiger charge is 2.16. The lowest BCUT2D eigenvalue weighted by Gasteiger charge is -2.18. The highest BCUT2D eigenvalue weighted by molar-refractivity contribution is 5.73. The van der Waals surface area contributed by atoms with E-state index in [1.807, 2.05) is 6.92 Å². The van der Waals surface area contributed by atoms with Gasteiger partial charge in [0, 0.05) is 12.2 Å². The van der Waals surface area contributed by atoms with Gasteiger partial charge in [-0.25, -0.2) is 8.78 Å². The maximum Gasteiger partial charge on any atom is 0.211 e. The Morgan fingerprint density at radius 2 is 2.06 bits per heavy atom. The van der Waals surface area contributed by atoms with Gasteiger partial charge in [-0.3, -0.25) is 4.79 Å². The van der Waals surface area contributed by atoms with E-state index in [9.17, 15) is 13.6 Å². The van der Waals surface area contributed by atoms with E-state index < -0.39 is 11.6 Å². The zero-order chi connectivity index (χ0) is 13.7. The van der Waals surface area contributed by atoms with E-state index >= 15 is 0 Å². The van der Waals surface area contributed by atoms with Crippen LogP contribution in [0.5, 0.6) is 0 Å². The van der Waals surface area contributed by atoms with Crippen molar-refractivity contribution >= 4 is 12.0 Å². The number of likely N-dealkylation sites (N-methyl/N-ethyl adjacent to an activating group) is 1. The largest absolute Gasteiger partial charge is 0.335 e. The van der Waals surface area contributed by atoms with Crippen LogP contribution < -0.4 is 10.6 Å². The summed E-state index contributed by atoms with van der Waals surface area (Å²) in [5.41, 5.74) is 1.46. The molecular formula is C13H16F2N2O. The number of benzene rings is 1. The van der Waals surface area contributed by atoms with Crippen molar-refractivity contribution in [1.82, 2.24) is 10.6 Å². The zero-order valence-corrected chi connectivity index (χ0v) is 10.6. The molecule has 1 rings (SSSR count). The Bertz CT molecular complexity index is 472. The number of hydrogen-bond donors (Lipinski definition) is 2. The van der Waals surface area contributed by atoms with E-state index in [0.29, 0.717) is 17.5 Å². The first kappa shape index (κ1) is 14.3. The fourth-order valence-corrected chi connectivity index (χ4v) is 1.68. The molecule has 0 saturated carbocycles. The number of carbonyl (C=O) groups excluding carboxylic acids is 1. The molecule has 5 heteroatoms. The van der Waals surface area contributed by atoms with E-state index in [2.05, 4.69) is 10.6 Å². The van der Waals surface area contributed by atoms with E-state index in [1.165, 1.54) is 19.2 Å². The Balaban J connectivity index is 3.30. The average Bonchev–Trinajstić information content (AvgIpc) is 2.38. The molecule has 0 aliphatic carbocycles. The molecule has 0 fully saturated rings. The number of rotatable bonds is 5. The van der Waals surface area contributed by atoms with Crippen LogP contribution in [0.3, 0.4) is 0 Å². The van der Waals surface area contributed by atoms with Crippen LogP contribution in [0.2, 0.25) is 0 Å². The summed E-state index contributed by atoms with van der Waals surface area (Å²) in [6, 6.07) is 2.47. The van der Waals surface area contributed by atoms with Gasteiger partial charge in [0.2, 0.25) is 6.41 Å². The van der Waals surface area contributed by atoms with Crippen molar-refractivity contribution < 1.29 is 13.6 Å². The van der Waals surface area contributed by atoms with Gasteiger partial charge in [-0.2, -0.15) is 0 Å². The van der Waals surface area contributed by atoms with Crippen molar-refractivity contribution in [2.45, 2.75) is 19.9 Å². The topological polar surface area (TPSA) is 41.1 Å². The summed E-state index contributed by atoms with van der Waals surface area (Å²) in [7, 11) is 1.74. The first-order chi connectivity index (χ1) is 8.52. The number of nitrogens with one attached hydrogen (secondary N) is 2. The van der Waals surface area contributed by atoms with Crippen LogP contribution in [-0.4, -0.2) is 19.5 Å². The molecule has 0 bridgehead atoms. The van der Waals surface area contributed by atoms with Crippen LogP contribution in [-0.2, 0) is 4.79 Å². The molecular weight excluding hydrogens is 238 g/mol. The Kier molecular flexibility index (Phi) is 4.97. The Labute approximate surface area is 105 Å². The third-order valence-corrected chi connectivity index (χ3v) is 2.86. The summed E-state index contributed by atoms with van der Waals surface area (Å²) in [6.07, 6.45) is 2.01. The minimum absolute atomic E-state index is 0.110. The average molecular weight is 254 g/mol. The minimum Gasteiger partial charge on any atom is -0.335 e. The lowest BCUT2D eigenvalue weighted by molar-refractivity contribution is -0.108. The van der Waals surface area contributed by atoms with Gasteiger partial charge in [-0.1, -0.05) is 6.07 Å². The minimum atomic E-state index is -0.879. The van der Waals surface area contributed by atoms with Crippen LogP contribution in [0.1, 0.15) is 18.1 Å². The molecule has 98 valence electrons. The van der Waals surface area contributed by atoms with Crippen molar-refractivity contribution in [2.75, 3.05) is 7.05 Å². The third kappa shape index (κ3) is 2.92. The molecule has 0 saturated heterocycles. The Morgan fingerprint density at radius 3 is 2.61 bits per heavy atom. The molecule has 0 aromatic heterocycles. The summed E-state index contributed by atoms with van der Waals surface area (Å²) in [5.74, 6) is -1.75. The number of hydrogen-bond acceptors (Lipinski definition) is 2. The van der Waals surface area contributed by atoms with E-state index in [0.717, 1.165) is 6.07 Å². The molecule has 1 atom stereocenters. The van der Waals surface area contributed by atoms with Gasteiger partial charge in [0.1, 0.15) is 0 Å². The first-order valence-corrected chi connectivity index (χ1v) is 5.55. The van der Waals surface area contributed by atoms with Crippen LogP contribution in [0.25, 0.3) is 5.57 Å². The molecule has 1 amide bonds. The summed E-state index contributed by atoms with van der Waals surface area (Å²) in [4.78, 5) is 10.3. The summed E-state index contributed by atoms with van der Waals surface area (Å²) < 4.78 is 26.6. The third-order valence-electron chi connectivity index (χ3n) is 2.86. The Morgan fingerprint density at radius 1 is 1.39 bits per heavy atom. The van der Waals surface area contributed by atoms with Crippen molar-refractivity contribution in [1.29, 1.82) is 0 Å². The van der Waals surface area contributed by atoms with E-state index in [1.54, 1.807) is 7.05 Å². The number of halogens is 2. The van der Waals surface area contributed by atoms with Gasteiger partial charge in [0.05, 0.1) is 0 Å². The molecule has 18 heavy (non-hydrogen) atoms. The van der Waals surface area contributed by atoms with Crippen molar-refractivity contribution in [2.24, 2.45) is 0 Å². The van der Waals surface area contributed by atoms with Gasteiger partial charge in [-0.05, 0) is 43.7 Å². The molecule has 0 aliphatic heterocycles. The highest BCUT2D eigenvalue weighted by Crippen LogP contribution is 2.24. The highest BCUT2D eigenvalue weighted by atomic mass is 19.2. The van der Waals surface area contributed by atoms with Crippen molar-refractivity contribution in [3.8, 4) is 0 Å². The predicted octanol–water partition coefficient (Wildman–Crippen LogP) is 1.97. The summed E-state index contributed by atoms with van der Waals surface area (Å²) >= 11 is 0. The quantitative estimate of drug-likeness (QED) is 0.789. The molecule has 0 aliphatic rings. The second kappa shape index (κ2) is 6.26. The van der Waals surface area contributed by atoms with Gasteiger partial charge in [-0.15, -0.1) is 0 Å². The predicted molar refractivity (Wildman–Crippen MR) is 66.8 cm³/mol. The number of amides is 1. The van der Waals surface area contributed by atoms with Crippen LogP contribution in [0.4, 0.5) is 8.78 Å². The molecule has 1 unspecified atom stereocenters. The van der Waals surface area contributed by atoms with Gasteiger partial charge in [0.25, 0.3) is 0 Å². The van der Waals surface area contributed by atoms with E-state index in [-0.39, 0.29) is 11.6 Å². The van der Waals surface area contributed by atoms with Crippen LogP contribution >= 0.6 is 0 Å². The molecule has 1 aromatic rings. The molecule has 0 radical (unpaired) electrons. The van der Waals surface area contributed by atoms with Gasteiger partial charge in [0.15, 0.2) is 11.6 Å². The molecule has 1 aromatic carbocycles.